The Morgan fingerprint density at radius 1 is 1.15 bits per heavy atom. The Kier molecular flexibility index (Phi) is 5.67. The van der Waals surface area contributed by atoms with E-state index in [2.05, 4.69) is 39.0 Å². The van der Waals surface area contributed by atoms with Crippen molar-refractivity contribution in [1.82, 2.24) is 9.61 Å². The fraction of sp³-hybridized carbons (Fsp3) is 0.500. The number of hydrogen-bond acceptors (Lipinski definition) is 7. The summed E-state index contributed by atoms with van der Waals surface area (Å²) in [6.07, 6.45) is 0. The third-order valence-electron chi connectivity index (χ3n) is 4.95. The zero-order valence-corrected chi connectivity index (χ0v) is 17.7. The lowest BCUT2D eigenvalue weighted by molar-refractivity contribution is 0.0553. The molecule has 0 spiro atoms. The number of aromatic nitrogens is 2. The van der Waals surface area contributed by atoms with Gasteiger partial charge in [0, 0.05) is 12.1 Å². The molecule has 0 aliphatic carbocycles. The van der Waals surface area contributed by atoms with Gasteiger partial charge in [0.1, 0.15) is 11.3 Å². The molecule has 148 valence electrons. The van der Waals surface area contributed by atoms with Crippen molar-refractivity contribution in [3.8, 4) is 5.75 Å². The van der Waals surface area contributed by atoms with Crippen LogP contribution in [0.15, 0.2) is 12.1 Å². The van der Waals surface area contributed by atoms with Crippen LogP contribution in [-0.2, 0) is 20.5 Å². The molecular weight excluding hydrogens is 368 g/mol. The van der Waals surface area contributed by atoms with Gasteiger partial charge in [-0.1, -0.05) is 20.8 Å². The lowest BCUT2D eigenvalue weighted by atomic mass is 10.2. The van der Waals surface area contributed by atoms with Crippen molar-refractivity contribution in [2.75, 3.05) is 14.2 Å². The van der Waals surface area contributed by atoms with E-state index in [9.17, 15) is 14.7 Å². The van der Waals surface area contributed by atoms with Gasteiger partial charge < -0.3 is 19.0 Å². The highest BCUT2D eigenvalue weighted by molar-refractivity contribution is 6.74. The molecule has 0 saturated heterocycles. The lowest BCUT2D eigenvalue weighted by Crippen LogP contribution is -2.40. The summed E-state index contributed by atoms with van der Waals surface area (Å²) >= 11 is 0. The molecule has 2 aromatic heterocycles. The van der Waals surface area contributed by atoms with Crippen molar-refractivity contribution in [2.24, 2.45) is 0 Å². The van der Waals surface area contributed by atoms with Crippen LogP contribution >= 0.6 is 0 Å². The normalized spacial score (nSPS) is 12.3. The van der Waals surface area contributed by atoms with E-state index in [-0.39, 0.29) is 34.2 Å². The Morgan fingerprint density at radius 3 is 2.26 bits per heavy atom. The van der Waals surface area contributed by atoms with Gasteiger partial charge in [0.15, 0.2) is 14.0 Å². The standard InChI is InChI=1S/C18H26N2O6Si/c1-18(2,3)27(6,7)26-10-11-8-12(21)9-13-14(16(22)24-4)15(17(23)25-5)19-20(11)13/h8-9,21H,10H2,1-7H3. The number of carbonyl (C=O) groups excluding carboxylic acids is 2. The topological polar surface area (TPSA) is 99.4 Å². The number of pyridine rings is 1. The number of hydrogen-bond donors (Lipinski definition) is 1. The molecule has 0 unspecified atom stereocenters. The summed E-state index contributed by atoms with van der Waals surface area (Å²) in [7, 11) is 0.344. The maximum Gasteiger partial charge on any atom is 0.359 e. The average Bonchev–Trinajstić information content (AvgIpc) is 2.96. The second-order valence-corrected chi connectivity index (χ2v) is 12.6. The molecule has 0 atom stereocenters. The summed E-state index contributed by atoms with van der Waals surface area (Å²) in [4.78, 5) is 24.3. The van der Waals surface area contributed by atoms with Gasteiger partial charge in [0.05, 0.1) is 32.0 Å². The van der Waals surface area contributed by atoms with Crippen LogP contribution in [0.5, 0.6) is 5.75 Å². The summed E-state index contributed by atoms with van der Waals surface area (Å²) in [5.74, 6) is -1.58. The number of fused-ring (bicyclic) bond motifs is 1. The minimum absolute atomic E-state index is 0.00140. The second-order valence-electron chi connectivity index (χ2n) is 7.76. The summed E-state index contributed by atoms with van der Waals surface area (Å²) in [5, 5.41) is 14.4. The minimum Gasteiger partial charge on any atom is -0.508 e. The fourth-order valence-corrected chi connectivity index (χ4v) is 3.26. The minimum atomic E-state index is -2.06. The zero-order valence-electron chi connectivity index (χ0n) is 16.7. The van der Waals surface area contributed by atoms with E-state index >= 15 is 0 Å². The number of rotatable bonds is 5. The number of carbonyl (C=O) groups is 2. The molecule has 9 heteroatoms. The van der Waals surface area contributed by atoms with Crippen molar-refractivity contribution in [3.05, 3.63) is 29.1 Å². The predicted octanol–water partition coefficient (Wildman–Crippen LogP) is 3.13. The van der Waals surface area contributed by atoms with Crippen LogP contribution in [0.2, 0.25) is 18.1 Å². The molecule has 1 N–H and O–H groups in total. The third kappa shape index (κ3) is 3.98. The smallest absolute Gasteiger partial charge is 0.359 e. The first-order valence-electron chi connectivity index (χ1n) is 8.48. The monoisotopic (exact) mass is 394 g/mol. The van der Waals surface area contributed by atoms with Gasteiger partial charge >= 0.3 is 11.9 Å². The molecule has 27 heavy (non-hydrogen) atoms. The van der Waals surface area contributed by atoms with Gasteiger partial charge in [-0.25, -0.2) is 14.1 Å². The number of esters is 2. The maximum atomic E-state index is 12.2. The van der Waals surface area contributed by atoms with E-state index in [0.717, 1.165) is 0 Å². The van der Waals surface area contributed by atoms with Crippen molar-refractivity contribution in [3.63, 3.8) is 0 Å². The molecule has 0 aromatic carbocycles. The fourth-order valence-electron chi connectivity index (χ4n) is 2.31. The zero-order chi connectivity index (χ0) is 20.6. The van der Waals surface area contributed by atoms with Gasteiger partial charge in [-0.2, -0.15) is 5.10 Å². The van der Waals surface area contributed by atoms with Gasteiger partial charge in [-0.05, 0) is 18.1 Å². The Labute approximate surface area is 159 Å². The number of nitrogens with zero attached hydrogens (tertiary/aromatic N) is 2. The summed E-state index contributed by atoms with van der Waals surface area (Å²) < 4.78 is 17.1. The van der Waals surface area contributed by atoms with E-state index in [1.54, 1.807) is 0 Å². The van der Waals surface area contributed by atoms with Crippen molar-refractivity contribution < 1.29 is 28.6 Å². The van der Waals surface area contributed by atoms with Crippen molar-refractivity contribution in [2.45, 2.75) is 45.5 Å². The molecule has 2 heterocycles. The Morgan fingerprint density at radius 2 is 1.74 bits per heavy atom. The summed E-state index contributed by atoms with van der Waals surface area (Å²) in [5.41, 5.74) is 0.517. The van der Waals surface area contributed by atoms with Crippen LogP contribution in [0.1, 0.15) is 47.3 Å². The Hall–Kier alpha value is -2.39. The first-order chi connectivity index (χ1) is 12.4. The van der Waals surface area contributed by atoms with E-state index in [0.29, 0.717) is 5.69 Å². The molecule has 8 nitrogen and oxygen atoms in total. The molecule has 0 bridgehead atoms. The maximum absolute atomic E-state index is 12.2. The second kappa shape index (κ2) is 7.32. The van der Waals surface area contributed by atoms with E-state index in [1.165, 1.54) is 30.9 Å². The van der Waals surface area contributed by atoms with Gasteiger partial charge in [-0.3, -0.25) is 0 Å². The summed E-state index contributed by atoms with van der Waals surface area (Å²) in [6.45, 7) is 10.7. The van der Waals surface area contributed by atoms with E-state index in [1.807, 2.05) is 0 Å². The van der Waals surface area contributed by atoms with Gasteiger partial charge in [-0.15, -0.1) is 0 Å². The molecule has 0 aliphatic heterocycles. The van der Waals surface area contributed by atoms with Crippen LogP contribution in [-0.4, -0.2) is 49.2 Å². The lowest BCUT2D eigenvalue weighted by Gasteiger charge is -2.36. The molecular formula is C18H26N2O6Si. The first-order valence-corrected chi connectivity index (χ1v) is 11.4. The predicted molar refractivity (Wildman–Crippen MR) is 102 cm³/mol. The van der Waals surface area contributed by atoms with Crippen LogP contribution in [0.4, 0.5) is 0 Å². The molecule has 2 rings (SSSR count). The first kappa shape index (κ1) is 20.9. The Balaban J connectivity index is 2.60. The van der Waals surface area contributed by atoms with Crippen LogP contribution in [0.3, 0.4) is 0 Å². The molecule has 0 aliphatic rings. The van der Waals surface area contributed by atoms with Crippen LogP contribution < -0.4 is 0 Å². The SMILES string of the molecule is COC(=O)c1nn2c(CO[Si](C)(C)C(C)(C)C)cc(O)cc2c1C(=O)OC. The highest BCUT2D eigenvalue weighted by Gasteiger charge is 2.37. The van der Waals surface area contributed by atoms with Gasteiger partial charge in [0.2, 0.25) is 0 Å². The highest BCUT2D eigenvalue weighted by Crippen LogP contribution is 2.37. The largest absolute Gasteiger partial charge is 0.508 e. The van der Waals surface area contributed by atoms with Gasteiger partial charge in [0.25, 0.3) is 0 Å². The van der Waals surface area contributed by atoms with E-state index < -0.39 is 20.3 Å². The molecule has 0 radical (unpaired) electrons. The molecule has 2 aromatic rings. The Bertz CT molecular complexity index is 882. The molecule has 0 amide bonds. The number of ether oxygens (including phenoxy) is 2. The highest BCUT2D eigenvalue weighted by atomic mass is 28.4. The van der Waals surface area contributed by atoms with Crippen LogP contribution in [0, 0.1) is 0 Å². The van der Waals surface area contributed by atoms with Crippen molar-refractivity contribution in [1.29, 1.82) is 0 Å². The third-order valence-corrected chi connectivity index (χ3v) is 9.43. The summed E-state index contributed by atoms with van der Waals surface area (Å²) in [6, 6.07) is 2.84. The number of aromatic hydroxyl groups is 1. The quantitative estimate of drug-likeness (QED) is 0.614. The average molecular weight is 395 g/mol. The molecule has 0 saturated carbocycles. The van der Waals surface area contributed by atoms with Crippen LogP contribution in [0.25, 0.3) is 5.52 Å². The van der Waals surface area contributed by atoms with E-state index in [4.69, 9.17) is 13.9 Å². The molecule has 0 fully saturated rings. The van der Waals surface area contributed by atoms with Crippen molar-refractivity contribution >= 4 is 25.8 Å². The number of methoxy groups -OCH3 is 2.